The SMILES string of the molecule is COC(=O)c1ccc([N+](=O)[O-])c(NC2CCN(C)CC2)n1. The molecule has 0 aromatic carbocycles. The molecule has 2 rings (SSSR count). The number of hydrogen-bond donors (Lipinski definition) is 1. The number of methoxy groups -OCH3 is 1. The molecule has 0 atom stereocenters. The van der Waals surface area contributed by atoms with E-state index in [0.29, 0.717) is 0 Å². The summed E-state index contributed by atoms with van der Waals surface area (Å²) in [6.45, 7) is 1.84. The number of carbonyl (C=O) groups is 1. The van der Waals surface area contributed by atoms with E-state index in [1.54, 1.807) is 0 Å². The van der Waals surface area contributed by atoms with E-state index in [2.05, 4.69) is 19.9 Å². The van der Waals surface area contributed by atoms with E-state index in [1.807, 2.05) is 7.05 Å². The fourth-order valence-corrected chi connectivity index (χ4v) is 2.27. The summed E-state index contributed by atoms with van der Waals surface area (Å²) < 4.78 is 4.59. The van der Waals surface area contributed by atoms with Gasteiger partial charge in [0.1, 0.15) is 0 Å². The van der Waals surface area contributed by atoms with Gasteiger partial charge in [-0.25, -0.2) is 9.78 Å². The largest absolute Gasteiger partial charge is 0.464 e. The first-order valence-electron chi connectivity index (χ1n) is 6.70. The Hall–Kier alpha value is -2.22. The summed E-state index contributed by atoms with van der Waals surface area (Å²) in [7, 11) is 3.28. The molecule has 1 N–H and O–H groups in total. The molecular formula is C13H18N4O4. The number of ether oxygens (including phenoxy) is 1. The van der Waals surface area contributed by atoms with E-state index in [0.717, 1.165) is 25.9 Å². The molecule has 1 aromatic rings. The number of piperidine rings is 1. The van der Waals surface area contributed by atoms with E-state index in [4.69, 9.17) is 0 Å². The molecule has 1 aromatic heterocycles. The first-order chi connectivity index (χ1) is 10.0. The number of anilines is 1. The molecule has 0 spiro atoms. The Morgan fingerprint density at radius 3 is 2.71 bits per heavy atom. The lowest BCUT2D eigenvalue weighted by molar-refractivity contribution is -0.384. The molecule has 0 unspecified atom stereocenters. The van der Waals surface area contributed by atoms with E-state index >= 15 is 0 Å². The summed E-state index contributed by atoms with van der Waals surface area (Å²) >= 11 is 0. The summed E-state index contributed by atoms with van der Waals surface area (Å²) in [6, 6.07) is 2.68. The molecule has 0 aliphatic carbocycles. The van der Waals surface area contributed by atoms with Gasteiger partial charge in [0.15, 0.2) is 5.69 Å². The zero-order valence-electron chi connectivity index (χ0n) is 12.0. The number of aromatic nitrogens is 1. The van der Waals surface area contributed by atoms with Gasteiger partial charge in [-0.15, -0.1) is 0 Å². The third-order valence-electron chi connectivity index (χ3n) is 3.52. The highest BCUT2D eigenvalue weighted by molar-refractivity contribution is 5.88. The minimum Gasteiger partial charge on any atom is -0.464 e. The van der Waals surface area contributed by atoms with Crippen molar-refractivity contribution in [3.63, 3.8) is 0 Å². The van der Waals surface area contributed by atoms with Gasteiger partial charge in [-0.1, -0.05) is 0 Å². The summed E-state index contributed by atoms with van der Waals surface area (Å²) in [5.74, 6) is -0.492. The van der Waals surface area contributed by atoms with Gasteiger partial charge in [0, 0.05) is 12.1 Å². The lowest BCUT2D eigenvalue weighted by Gasteiger charge is -2.29. The number of nitro groups is 1. The van der Waals surface area contributed by atoms with Crippen LogP contribution in [0.3, 0.4) is 0 Å². The van der Waals surface area contributed by atoms with Crippen LogP contribution in [0.1, 0.15) is 23.3 Å². The molecule has 0 amide bonds. The minimum atomic E-state index is -0.615. The Labute approximate surface area is 122 Å². The van der Waals surface area contributed by atoms with Crippen LogP contribution in [-0.4, -0.2) is 54.1 Å². The first kappa shape index (κ1) is 15.2. The molecule has 1 aliphatic rings. The number of likely N-dealkylation sites (tertiary alicyclic amines) is 1. The number of nitrogens with zero attached hydrogens (tertiary/aromatic N) is 3. The zero-order valence-corrected chi connectivity index (χ0v) is 12.0. The van der Waals surface area contributed by atoms with E-state index in [-0.39, 0.29) is 23.2 Å². The Kier molecular flexibility index (Phi) is 4.69. The summed E-state index contributed by atoms with van der Waals surface area (Å²) in [4.78, 5) is 28.3. The zero-order chi connectivity index (χ0) is 15.4. The lowest BCUT2D eigenvalue weighted by Crippen LogP contribution is -2.37. The predicted octanol–water partition coefficient (Wildman–Crippen LogP) is 1.28. The monoisotopic (exact) mass is 294 g/mol. The summed E-state index contributed by atoms with van der Waals surface area (Å²) in [6.07, 6.45) is 1.75. The molecule has 0 bridgehead atoms. The topological polar surface area (TPSA) is 97.6 Å². The van der Waals surface area contributed by atoms with Crippen molar-refractivity contribution < 1.29 is 14.5 Å². The Bertz CT molecular complexity index is 541. The Morgan fingerprint density at radius 1 is 1.48 bits per heavy atom. The number of esters is 1. The van der Waals surface area contributed by atoms with Crippen LogP contribution in [0, 0.1) is 10.1 Å². The van der Waals surface area contributed by atoms with Gasteiger partial charge in [-0.05, 0) is 39.0 Å². The maximum absolute atomic E-state index is 11.5. The predicted molar refractivity (Wildman–Crippen MR) is 76.4 cm³/mol. The maximum Gasteiger partial charge on any atom is 0.356 e. The van der Waals surface area contributed by atoms with Crippen molar-refractivity contribution >= 4 is 17.5 Å². The fourth-order valence-electron chi connectivity index (χ4n) is 2.27. The number of rotatable bonds is 4. The number of nitrogens with one attached hydrogen (secondary N) is 1. The average molecular weight is 294 g/mol. The molecule has 114 valence electrons. The van der Waals surface area contributed by atoms with E-state index < -0.39 is 10.9 Å². The highest BCUT2D eigenvalue weighted by Gasteiger charge is 2.23. The van der Waals surface area contributed by atoms with E-state index in [9.17, 15) is 14.9 Å². The van der Waals surface area contributed by atoms with Crippen LogP contribution in [-0.2, 0) is 4.74 Å². The standard InChI is InChI=1S/C13H18N4O4/c1-16-7-5-9(6-8-16)14-12-11(17(19)20)4-3-10(15-12)13(18)21-2/h3-4,9H,5-8H2,1-2H3,(H,14,15). The van der Waals surface area contributed by atoms with Crippen molar-refractivity contribution in [3.8, 4) is 0 Å². The van der Waals surface area contributed by atoms with Crippen molar-refractivity contribution in [1.29, 1.82) is 0 Å². The van der Waals surface area contributed by atoms with Crippen molar-refractivity contribution in [3.05, 3.63) is 27.9 Å². The second-order valence-corrected chi connectivity index (χ2v) is 5.03. The minimum absolute atomic E-state index is 0.0542. The van der Waals surface area contributed by atoms with Gasteiger partial charge < -0.3 is 15.0 Å². The fraction of sp³-hybridized carbons (Fsp3) is 0.538. The molecule has 1 fully saturated rings. The quantitative estimate of drug-likeness (QED) is 0.507. The lowest BCUT2D eigenvalue weighted by atomic mass is 10.1. The highest BCUT2D eigenvalue weighted by Crippen LogP contribution is 2.25. The van der Waals surface area contributed by atoms with Gasteiger partial charge in [-0.3, -0.25) is 10.1 Å². The van der Waals surface area contributed by atoms with Gasteiger partial charge in [0.2, 0.25) is 5.82 Å². The van der Waals surface area contributed by atoms with Crippen molar-refractivity contribution in [1.82, 2.24) is 9.88 Å². The molecule has 21 heavy (non-hydrogen) atoms. The van der Waals surface area contributed by atoms with E-state index in [1.165, 1.54) is 19.2 Å². The van der Waals surface area contributed by atoms with Gasteiger partial charge in [-0.2, -0.15) is 0 Å². The highest BCUT2D eigenvalue weighted by atomic mass is 16.6. The van der Waals surface area contributed by atoms with Crippen molar-refractivity contribution in [2.45, 2.75) is 18.9 Å². The Morgan fingerprint density at radius 2 is 2.14 bits per heavy atom. The second kappa shape index (κ2) is 6.49. The summed E-state index contributed by atoms with van der Waals surface area (Å²) in [5, 5.41) is 14.2. The maximum atomic E-state index is 11.5. The number of pyridine rings is 1. The molecule has 8 heteroatoms. The van der Waals surface area contributed by atoms with Crippen LogP contribution in [0.5, 0.6) is 0 Å². The van der Waals surface area contributed by atoms with Crippen LogP contribution < -0.4 is 5.32 Å². The molecule has 0 saturated carbocycles. The summed E-state index contributed by atoms with van der Waals surface area (Å²) in [5.41, 5.74) is -0.0832. The second-order valence-electron chi connectivity index (χ2n) is 5.03. The van der Waals surface area contributed by atoms with Gasteiger partial charge >= 0.3 is 11.7 Å². The van der Waals surface area contributed by atoms with Gasteiger partial charge in [0.25, 0.3) is 0 Å². The van der Waals surface area contributed by atoms with Crippen molar-refractivity contribution in [2.24, 2.45) is 0 Å². The van der Waals surface area contributed by atoms with Crippen LogP contribution in [0.25, 0.3) is 0 Å². The first-order valence-corrected chi connectivity index (χ1v) is 6.70. The smallest absolute Gasteiger partial charge is 0.356 e. The van der Waals surface area contributed by atoms with Crippen LogP contribution in [0.4, 0.5) is 11.5 Å². The van der Waals surface area contributed by atoms with Crippen LogP contribution in [0.15, 0.2) is 12.1 Å². The third-order valence-corrected chi connectivity index (χ3v) is 3.52. The number of hydrogen-bond acceptors (Lipinski definition) is 7. The average Bonchev–Trinajstić information content (AvgIpc) is 2.48. The molecule has 2 heterocycles. The third kappa shape index (κ3) is 3.66. The van der Waals surface area contributed by atoms with Crippen LogP contribution >= 0.6 is 0 Å². The molecule has 8 nitrogen and oxygen atoms in total. The van der Waals surface area contributed by atoms with Gasteiger partial charge in [0.05, 0.1) is 12.0 Å². The molecule has 0 radical (unpaired) electrons. The van der Waals surface area contributed by atoms with Crippen LogP contribution in [0.2, 0.25) is 0 Å². The van der Waals surface area contributed by atoms with Crippen molar-refractivity contribution in [2.75, 3.05) is 32.6 Å². The Balaban J connectivity index is 2.22. The normalized spacial score (nSPS) is 16.5. The number of carbonyl (C=O) groups excluding carboxylic acids is 1. The molecule has 1 aliphatic heterocycles. The molecular weight excluding hydrogens is 276 g/mol. The molecule has 1 saturated heterocycles.